The number of hydrogen-bond donors (Lipinski definition) is 0. The minimum atomic E-state index is -0.0822. The van der Waals surface area contributed by atoms with Crippen molar-refractivity contribution in [2.45, 2.75) is 20.3 Å². The van der Waals surface area contributed by atoms with Gasteiger partial charge in [-0.3, -0.25) is 9.59 Å². The highest BCUT2D eigenvalue weighted by molar-refractivity contribution is 7.12. The van der Waals surface area contributed by atoms with E-state index in [4.69, 9.17) is 0 Å². The van der Waals surface area contributed by atoms with Crippen LogP contribution in [-0.2, 0) is 4.79 Å². The lowest BCUT2D eigenvalue weighted by atomic mass is 10.1. The van der Waals surface area contributed by atoms with Crippen LogP contribution in [0.25, 0.3) is 11.3 Å². The van der Waals surface area contributed by atoms with Gasteiger partial charge in [-0.1, -0.05) is 35.9 Å². The van der Waals surface area contributed by atoms with Gasteiger partial charge in [-0.15, -0.1) is 21.5 Å². The van der Waals surface area contributed by atoms with E-state index in [1.807, 2.05) is 35.4 Å². The van der Waals surface area contributed by atoms with Gasteiger partial charge in [0.1, 0.15) is 6.54 Å². The Morgan fingerprint density at radius 2 is 1.82 bits per heavy atom. The molecule has 0 bridgehead atoms. The van der Waals surface area contributed by atoms with Crippen LogP contribution in [-0.4, -0.2) is 71.1 Å². The quantitative estimate of drug-likeness (QED) is 0.557. The van der Waals surface area contributed by atoms with Crippen molar-refractivity contribution in [3.63, 3.8) is 0 Å². The molecule has 1 fully saturated rings. The highest BCUT2D eigenvalue weighted by Gasteiger charge is 2.24. The van der Waals surface area contributed by atoms with E-state index < -0.39 is 0 Å². The van der Waals surface area contributed by atoms with Crippen molar-refractivity contribution in [2.75, 3.05) is 44.2 Å². The predicted molar refractivity (Wildman–Crippen MR) is 132 cm³/mol. The molecule has 4 rings (SSSR count). The summed E-state index contributed by atoms with van der Waals surface area (Å²) in [4.78, 5) is 31.9. The molecule has 2 aromatic heterocycles. The summed E-state index contributed by atoms with van der Waals surface area (Å²) in [6.07, 6.45) is 0.845. The summed E-state index contributed by atoms with van der Waals surface area (Å²) in [5, 5.41) is 10.7. The third kappa shape index (κ3) is 5.57. The second-order valence-corrected chi connectivity index (χ2v) is 9.11. The van der Waals surface area contributed by atoms with Crippen LogP contribution in [0.2, 0.25) is 0 Å². The zero-order valence-corrected chi connectivity index (χ0v) is 19.9. The number of thiophene rings is 1. The summed E-state index contributed by atoms with van der Waals surface area (Å²) in [7, 11) is 0. The first-order valence-corrected chi connectivity index (χ1v) is 12.2. The number of benzene rings is 1. The predicted octanol–water partition coefficient (Wildman–Crippen LogP) is 3.71. The second kappa shape index (κ2) is 10.6. The molecule has 172 valence electrons. The monoisotopic (exact) mass is 463 g/mol. The summed E-state index contributed by atoms with van der Waals surface area (Å²) in [6, 6.07) is 15.9. The molecule has 3 aromatic rings. The minimum Gasteiger partial charge on any atom is -0.353 e. The first-order chi connectivity index (χ1) is 16.0. The second-order valence-electron chi connectivity index (χ2n) is 8.16. The molecule has 0 saturated carbocycles. The molecule has 0 aliphatic carbocycles. The van der Waals surface area contributed by atoms with E-state index >= 15 is 0 Å². The SMILES string of the molecule is CCN(CC(=O)N1CCCN(c2ccc(-c3ccc(C)cc3)nn2)CC1)C(=O)c1cccs1. The average molecular weight is 464 g/mol. The van der Waals surface area contributed by atoms with Gasteiger partial charge in [0.25, 0.3) is 5.91 Å². The molecule has 2 amide bonds. The van der Waals surface area contributed by atoms with Gasteiger partial charge in [-0.25, -0.2) is 0 Å². The molecule has 1 aromatic carbocycles. The lowest BCUT2D eigenvalue weighted by Crippen LogP contribution is -2.44. The van der Waals surface area contributed by atoms with Crippen molar-refractivity contribution in [3.8, 4) is 11.3 Å². The van der Waals surface area contributed by atoms with Crippen molar-refractivity contribution in [1.82, 2.24) is 20.0 Å². The summed E-state index contributed by atoms with van der Waals surface area (Å²) in [6.45, 7) is 7.36. The molecule has 1 saturated heterocycles. The molecular formula is C25H29N5O2S. The van der Waals surface area contributed by atoms with Gasteiger partial charge in [-0.2, -0.15) is 0 Å². The van der Waals surface area contributed by atoms with E-state index in [0.717, 1.165) is 30.0 Å². The lowest BCUT2D eigenvalue weighted by Gasteiger charge is -2.26. The number of carbonyl (C=O) groups excluding carboxylic acids is 2. The van der Waals surface area contributed by atoms with E-state index in [-0.39, 0.29) is 18.4 Å². The zero-order chi connectivity index (χ0) is 23.2. The Kier molecular flexibility index (Phi) is 7.34. The van der Waals surface area contributed by atoms with Crippen LogP contribution in [0, 0.1) is 6.92 Å². The van der Waals surface area contributed by atoms with E-state index in [0.29, 0.717) is 31.1 Å². The Hall–Kier alpha value is -3.26. The van der Waals surface area contributed by atoms with Gasteiger partial charge in [0, 0.05) is 38.3 Å². The van der Waals surface area contributed by atoms with Crippen LogP contribution < -0.4 is 4.90 Å². The number of hydrogen-bond acceptors (Lipinski definition) is 6. The van der Waals surface area contributed by atoms with Crippen LogP contribution in [0.4, 0.5) is 5.82 Å². The fraction of sp³-hybridized carbons (Fsp3) is 0.360. The number of carbonyl (C=O) groups is 2. The van der Waals surface area contributed by atoms with Gasteiger partial charge in [0.05, 0.1) is 10.6 Å². The smallest absolute Gasteiger partial charge is 0.264 e. The maximum absolute atomic E-state index is 13.0. The highest BCUT2D eigenvalue weighted by atomic mass is 32.1. The molecule has 7 nitrogen and oxygen atoms in total. The van der Waals surface area contributed by atoms with Crippen LogP contribution in [0.15, 0.2) is 53.9 Å². The van der Waals surface area contributed by atoms with E-state index in [9.17, 15) is 9.59 Å². The lowest BCUT2D eigenvalue weighted by molar-refractivity contribution is -0.131. The van der Waals surface area contributed by atoms with Crippen molar-refractivity contribution in [2.24, 2.45) is 0 Å². The van der Waals surface area contributed by atoms with E-state index in [2.05, 4.69) is 46.3 Å². The molecule has 1 aliphatic heterocycles. The number of aryl methyl sites for hydroxylation is 1. The molecular weight excluding hydrogens is 434 g/mol. The molecule has 0 unspecified atom stereocenters. The van der Waals surface area contributed by atoms with E-state index in [1.54, 1.807) is 11.0 Å². The first kappa shape index (κ1) is 22.9. The van der Waals surface area contributed by atoms with Gasteiger partial charge < -0.3 is 14.7 Å². The maximum atomic E-state index is 13.0. The van der Waals surface area contributed by atoms with Crippen LogP contribution in [0.5, 0.6) is 0 Å². The van der Waals surface area contributed by atoms with Gasteiger partial charge >= 0.3 is 0 Å². The van der Waals surface area contributed by atoms with Crippen LogP contribution in [0.1, 0.15) is 28.6 Å². The number of aromatic nitrogens is 2. The zero-order valence-electron chi connectivity index (χ0n) is 19.1. The molecule has 33 heavy (non-hydrogen) atoms. The molecule has 0 spiro atoms. The Morgan fingerprint density at radius 3 is 2.48 bits per heavy atom. The number of amides is 2. The average Bonchev–Trinajstić information content (AvgIpc) is 3.27. The molecule has 0 atom stereocenters. The van der Waals surface area contributed by atoms with Crippen molar-refractivity contribution >= 4 is 29.0 Å². The Bertz CT molecular complexity index is 1070. The maximum Gasteiger partial charge on any atom is 0.264 e. The summed E-state index contributed by atoms with van der Waals surface area (Å²) in [5.41, 5.74) is 3.11. The van der Waals surface area contributed by atoms with Crippen LogP contribution in [0.3, 0.4) is 0 Å². The summed E-state index contributed by atoms with van der Waals surface area (Å²) >= 11 is 1.40. The first-order valence-electron chi connectivity index (χ1n) is 11.3. The topological polar surface area (TPSA) is 69.6 Å². The van der Waals surface area contributed by atoms with Gasteiger partial charge in [0.15, 0.2) is 5.82 Å². The van der Waals surface area contributed by atoms with Gasteiger partial charge in [0.2, 0.25) is 5.91 Å². The molecule has 1 aliphatic rings. The summed E-state index contributed by atoms with van der Waals surface area (Å²) in [5.74, 6) is 0.730. The fourth-order valence-electron chi connectivity index (χ4n) is 3.91. The molecule has 8 heteroatoms. The Morgan fingerprint density at radius 1 is 1.00 bits per heavy atom. The van der Waals surface area contributed by atoms with E-state index in [1.165, 1.54) is 16.9 Å². The number of likely N-dealkylation sites (N-methyl/N-ethyl adjacent to an activating group) is 1. The minimum absolute atomic E-state index is 0.00981. The Balaban J connectivity index is 1.35. The summed E-state index contributed by atoms with van der Waals surface area (Å²) < 4.78 is 0. The largest absolute Gasteiger partial charge is 0.353 e. The molecule has 0 radical (unpaired) electrons. The fourth-order valence-corrected chi connectivity index (χ4v) is 4.61. The third-order valence-corrected chi connectivity index (χ3v) is 6.76. The number of nitrogens with zero attached hydrogens (tertiary/aromatic N) is 5. The molecule has 3 heterocycles. The number of anilines is 1. The standard InChI is InChI=1S/C25H29N5O2S/c1-3-28(25(32)22-6-4-17-33-22)18-24(31)30-14-5-13-29(15-16-30)23-12-11-21(26-27-23)20-9-7-19(2)8-10-20/h4,6-12,17H,3,5,13-16,18H2,1-2H3. The third-order valence-electron chi connectivity index (χ3n) is 5.90. The van der Waals surface area contributed by atoms with Crippen LogP contribution >= 0.6 is 11.3 Å². The van der Waals surface area contributed by atoms with Crippen molar-refractivity contribution < 1.29 is 9.59 Å². The highest BCUT2D eigenvalue weighted by Crippen LogP contribution is 2.20. The van der Waals surface area contributed by atoms with Gasteiger partial charge in [-0.05, 0) is 43.8 Å². The van der Waals surface area contributed by atoms with Crippen molar-refractivity contribution in [1.29, 1.82) is 0 Å². The number of rotatable bonds is 6. The van der Waals surface area contributed by atoms with Crippen molar-refractivity contribution in [3.05, 3.63) is 64.4 Å². The normalized spacial score (nSPS) is 14.1. The Labute approximate surface area is 198 Å². The molecule has 0 N–H and O–H groups in total.